The molecule has 1 aliphatic carbocycles. The van der Waals surface area contributed by atoms with Crippen molar-refractivity contribution in [3.05, 3.63) is 29.8 Å². The molecule has 0 unspecified atom stereocenters. The van der Waals surface area contributed by atoms with Crippen LogP contribution < -0.4 is 15.9 Å². The summed E-state index contributed by atoms with van der Waals surface area (Å²) in [6.45, 7) is 7.28. The number of carbonyl (C=O) groups is 3. The largest absolute Gasteiger partial charge is 0.480 e. The molecular formula is C26H40N6O6S. The van der Waals surface area contributed by atoms with E-state index in [4.69, 9.17) is 5.84 Å². The summed E-state index contributed by atoms with van der Waals surface area (Å²) >= 11 is 0. The van der Waals surface area contributed by atoms with Gasteiger partial charge in [0.1, 0.15) is 18.9 Å². The third-order valence-electron chi connectivity index (χ3n) is 6.96. The average molecular weight is 565 g/mol. The Bertz CT molecular complexity index is 1160. The number of hydrazone groups is 1. The second-order valence-electron chi connectivity index (χ2n) is 11.3. The maximum absolute atomic E-state index is 13.4. The Hall–Kier alpha value is -3.19. The second kappa shape index (κ2) is 12.8. The van der Waals surface area contributed by atoms with E-state index in [-0.39, 0.29) is 22.3 Å². The van der Waals surface area contributed by atoms with Gasteiger partial charge in [0.25, 0.3) is 0 Å². The summed E-state index contributed by atoms with van der Waals surface area (Å²) in [5.74, 6) is 2.94. The van der Waals surface area contributed by atoms with E-state index in [2.05, 4.69) is 15.1 Å². The van der Waals surface area contributed by atoms with Crippen molar-refractivity contribution in [1.29, 1.82) is 0 Å². The Morgan fingerprint density at radius 3 is 2.44 bits per heavy atom. The Morgan fingerprint density at radius 2 is 1.87 bits per heavy atom. The molecule has 1 saturated heterocycles. The molecule has 3 rings (SSSR count). The highest BCUT2D eigenvalue weighted by Gasteiger charge is 2.39. The number of hydrogen-bond donors (Lipinski definition) is 4. The summed E-state index contributed by atoms with van der Waals surface area (Å²) in [5, 5.41) is 15.7. The number of hydrogen-bond acceptors (Lipinski definition) is 7. The standard InChI is InChI=1S/C26H40N6O6S/c1-26(2,3)19-6-10-21(11-7-19)39(37,38)30-22(25(36)32(16-24(34)35)20-8-9-20)13-23(33)28-14-18-5-4-12-31(15-18)17-29-27/h6-7,10-11,17-18,20,22,30H,4-5,8-9,12-16,27H2,1-3H3,(H,28,33)(H,34,35)/t18-,22-/m0/s1. The van der Waals surface area contributed by atoms with Gasteiger partial charge in [-0.15, -0.1) is 0 Å². The van der Waals surface area contributed by atoms with Crippen molar-refractivity contribution in [2.75, 3.05) is 26.2 Å². The lowest BCUT2D eigenvalue weighted by Gasteiger charge is -2.31. The lowest BCUT2D eigenvalue weighted by molar-refractivity contribution is -0.146. The smallest absolute Gasteiger partial charge is 0.323 e. The van der Waals surface area contributed by atoms with Gasteiger partial charge in [-0.3, -0.25) is 14.4 Å². The summed E-state index contributed by atoms with van der Waals surface area (Å²) in [5.41, 5.74) is 0.759. The molecule has 1 aromatic carbocycles. The fourth-order valence-corrected chi connectivity index (χ4v) is 5.86. The highest BCUT2D eigenvalue weighted by atomic mass is 32.2. The minimum atomic E-state index is -4.19. The number of carboxylic acids is 1. The molecule has 1 saturated carbocycles. The van der Waals surface area contributed by atoms with Crippen LogP contribution in [0, 0.1) is 5.92 Å². The first-order valence-electron chi connectivity index (χ1n) is 13.2. The summed E-state index contributed by atoms with van der Waals surface area (Å²) in [7, 11) is -4.19. The lowest BCUT2D eigenvalue weighted by Crippen LogP contribution is -2.52. The molecule has 2 fully saturated rings. The molecule has 1 heterocycles. The normalized spacial score (nSPS) is 19.1. The zero-order valence-electron chi connectivity index (χ0n) is 22.8. The van der Waals surface area contributed by atoms with Crippen molar-refractivity contribution in [1.82, 2.24) is 19.8 Å². The number of benzene rings is 1. The Labute approximate surface area is 230 Å². The zero-order chi connectivity index (χ0) is 28.8. The molecule has 1 aliphatic heterocycles. The van der Waals surface area contributed by atoms with Gasteiger partial charge < -0.3 is 26.1 Å². The first-order chi connectivity index (χ1) is 18.3. The number of nitrogens with one attached hydrogen (secondary N) is 2. The topological polar surface area (TPSA) is 174 Å². The first kappa shape index (κ1) is 30.4. The Balaban J connectivity index is 1.75. The van der Waals surface area contributed by atoms with E-state index in [9.17, 15) is 27.9 Å². The van der Waals surface area contributed by atoms with Gasteiger partial charge in [0.2, 0.25) is 21.8 Å². The number of sulfonamides is 1. The fourth-order valence-electron chi connectivity index (χ4n) is 4.67. The fraction of sp³-hybridized carbons (Fsp3) is 0.615. The number of likely N-dealkylation sites (tertiary alicyclic amines) is 1. The van der Waals surface area contributed by atoms with Crippen LogP contribution in [0.5, 0.6) is 0 Å². The van der Waals surface area contributed by atoms with Gasteiger partial charge in [-0.05, 0) is 54.7 Å². The molecule has 39 heavy (non-hydrogen) atoms. The van der Waals surface area contributed by atoms with E-state index < -0.39 is 46.8 Å². The molecule has 2 amide bonds. The van der Waals surface area contributed by atoms with E-state index >= 15 is 0 Å². The van der Waals surface area contributed by atoms with Crippen LogP contribution in [-0.2, 0) is 29.8 Å². The monoisotopic (exact) mass is 564 g/mol. The molecule has 1 aromatic rings. The van der Waals surface area contributed by atoms with Crippen molar-refractivity contribution in [3.8, 4) is 0 Å². The van der Waals surface area contributed by atoms with Gasteiger partial charge in [0, 0.05) is 25.7 Å². The first-order valence-corrected chi connectivity index (χ1v) is 14.7. The van der Waals surface area contributed by atoms with E-state index in [1.807, 2.05) is 25.7 Å². The molecule has 0 bridgehead atoms. The number of carbonyl (C=O) groups excluding carboxylic acids is 2. The maximum atomic E-state index is 13.4. The van der Waals surface area contributed by atoms with Gasteiger partial charge in [-0.1, -0.05) is 32.9 Å². The van der Waals surface area contributed by atoms with Crippen LogP contribution in [0.25, 0.3) is 0 Å². The minimum absolute atomic E-state index is 0.0474. The van der Waals surface area contributed by atoms with Crippen molar-refractivity contribution in [3.63, 3.8) is 0 Å². The van der Waals surface area contributed by atoms with Crippen LogP contribution in [0.2, 0.25) is 0 Å². The number of rotatable bonds is 12. The molecule has 0 radical (unpaired) electrons. The predicted molar refractivity (Wildman–Crippen MR) is 146 cm³/mol. The van der Waals surface area contributed by atoms with Gasteiger partial charge >= 0.3 is 5.97 Å². The molecule has 0 spiro atoms. The van der Waals surface area contributed by atoms with E-state index in [1.54, 1.807) is 18.5 Å². The van der Waals surface area contributed by atoms with Crippen LogP contribution >= 0.6 is 0 Å². The number of carboxylic acid groups (broad SMARTS) is 1. The van der Waals surface area contributed by atoms with Crippen LogP contribution in [0.4, 0.5) is 0 Å². The number of nitrogens with zero attached hydrogens (tertiary/aromatic N) is 3. The van der Waals surface area contributed by atoms with Gasteiger partial charge in [0.05, 0.1) is 11.3 Å². The molecule has 13 heteroatoms. The zero-order valence-corrected chi connectivity index (χ0v) is 23.6. The summed E-state index contributed by atoms with van der Waals surface area (Å²) in [6.07, 6.45) is 4.16. The van der Waals surface area contributed by atoms with Crippen molar-refractivity contribution >= 4 is 34.1 Å². The third kappa shape index (κ3) is 8.92. The van der Waals surface area contributed by atoms with Crippen LogP contribution in [-0.4, -0.2) is 85.7 Å². The molecule has 0 aromatic heterocycles. The summed E-state index contributed by atoms with van der Waals surface area (Å²) in [4.78, 5) is 40.9. The van der Waals surface area contributed by atoms with Gasteiger partial charge in [-0.2, -0.15) is 9.82 Å². The predicted octanol–water partition coefficient (Wildman–Crippen LogP) is 0.827. The Kier molecular flexibility index (Phi) is 9.94. The van der Waals surface area contributed by atoms with E-state index in [1.165, 1.54) is 12.1 Å². The maximum Gasteiger partial charge on any atom is 0.323 e. The van der Waals surface area contributed by atoms with E-state index in [0.29, 0.717) is 25.9 Å². The van der Waals surface area contributed by atoms with Crippen molar-refractivity contribution in [2.24, 2.45) is 16.9 Å². The summed E-state index contributed by atoms with van der Waals surface area (Å²) in [6, 6.07) is 4.60. The van der Waals surface area contributed by atoms with Gasteiger partial charge in [-0.25, -0.2) is 8.42 Å². The van der Waals surface area contributed by atoms with E-state index in [0.717, 1.165) is 29.8 Å². The van der Waals surface area contributed by atoms with Crippen LogP contribution in [0.3, 0.4) is 0 Å². The molecule has 5 N–H and O–H groups in total. The van der Waals surface area contributed by atoms with Crippen molar-refractivity contribution < 1.29 is 27.9 Å². The number of nitrogens with two attached hydrogens (primary N) is 1. The molecule has 12 nitrogen and oxygen atoms in total. The van der Waals surface area contributed by atoms with Crippen LogP contribution in [0.1, 0.15) is 58.4 Å². The molecule has 2 aliphatic rings. The van der Waals surface area contributed by atoms with Crippen molar-refractivity contribution in [2.45, 2.75) is 75.3 Å². The average Bonchev–Trinajstić information content (AvgIpc) is 3.70. The minimum Gasteiger partial charge on any atom is -0.480 e. The second-order valence-corrected chi connectivity index (χ2v) is 13.0. The van der Waals surface area contributed by atoms with Crippen LogP contribution in [0.15, 0.2) is 34.3 Å². The number of aliphatic carboxylic acids is 1. The number of amides is 2. The third-order valence-corrected chi connectivity index (χ3v) is 8.45. The highest BCUT2D eigenvalue weighted by molar-refractivity contribution is 7.89. The quantitative estimate of drug-likeness (QED) is 0.125. The summed E-state index contributed by atoms with van der Waals surface area (Å²) < 4.78 is 28.9. The highest BCUT2D eigenvalue weighted by Crippen LogP contribution is 2.28. The lowest BCUT2D eigenvalue weighted by atomic mass is 9.87. The Morgan fingerprint density at radius 1 is 1.21 bits per heavy atom. The van der Waals surface area contributed by atoms with Gasteiger partial charge in [0.15, 0.2) is 0 Å². The SMILES string of the molecule is CC(C)(C)c1ccc(S(=O)(=O)N[C@@H](CC(=O)NC[C@@H]2CCCN(C=NN)C2)C(=O)N(CC(=O)O)C2CC2)cc1. The molecule has 216 valence electrons. The molecule has 2 atom stereocenters. The number of piperidine rings is 1. The molecular weight excluding hydrogens is 524 g/mol.